The van der Waals surface area contributed by atoms with Crippen molar-refractivity contribution in [2.24, 2.45) is 0 Å². The maximum atomic E-state index is 13.4. The van der Waals surface area contributed by atoms with E-state index in [2.05, 4.69) is 61.8 Å². The van der Waals surface area contributed by atoms with E-state index in [0.29, 0.717) is 11.4 Å². The lowest BCUT2D eigenvalue weighted by molar-refractivity contribution is 0.0241. The number of benzene rings is 3. The van der Waals surface area contributed by atoms with Crippen molar-refractivity contribution in [1.82, 2.24) is 9.97 Å². The van der Waals surface area contributed by atoms with Gasteiger partial charge in [0.15, 0.2) is 5.69 Å². The zero-order valence-corrected chi connectivity index (χ0v) is 22.5. The lowest BCUT2D eigenvalue weighted by atomic mass is 9.83. The van der Waals surface area contributed by atoms with E-state index in [9.17, 15) is 4.79 Å². The average molecular weight is 507 g/mol. The molecule has 0 saturated heterocycles. The highest BCUT2D eigenvalue weighted by Gasteiger charge is 2.51. The third-order valence-corrected chi connectivity index (χ3v) is 7.42. The Balaban J connectivity index is 1.67. The highest BCUT2D eigenvalue weighted by molar-refractivity contribution is 5.94. The van der Waals surface area contributed by atoms with E-state index < -0.39 is 11.6 Å². The molecular formula is C32H34N4O2. The van der Waals surface area contributed by atoms with Gasteiger partial charge in [0.2, 0.25) is 5.60 Å². The Kier molecular flexibility index (Phi) is 7.14. The molecule has 1 aliphatic heterocycles. The van der Waals surface area contributed by atoms with Crippen LogP contribution in [0.15, 0.2) is 85.1 Å². The Hall–Kier alpha value is -4.19. The van der Waals surface area contributed by atoms with Gasteiger partial charge in [0, 0.05) is 54.2 Å². The molecule has 1 aromatic heterocycles. The van der Waals surface area contributed by atoms with E-state index in [4.69, 9.17) is 14.7 Å². The molecular weight excluding hydrogens is 472 g/mol. The van der Waals surface area contributed by atoms with Crippen molar-refractivity contribution in [2.45, 2.75) is 33.3 Å². The molecule has 0 N–H and O–H groups in total. The van der Waals surface area contributed by atoms with Crippen LogP contribution in [0.2, 0.25) is 0 Å². The molecule has 0 radical (unpaired) electrons. The van der Waals surface area contributed by atoms with Gasteiger partial charge in [-0.1, -0.05) is 54.6 Å². The average Bonchev–Trinajstić information content (AvgIpc) is 3.28. The molecule has 4 aromatic rings. The minimum Gasteiger partial charge on any atom is -0.438 e. The number of fused-ring (bicyclic) bond motifs is 1. The SMILES string of the molecule is CCN(CC)c1ccc(C2(c3ccc(N(CC)CC)cc3)OC(=O)c3nc(-c4ccccc4)cnc32)cc1. The quantitative estimate of drug-likeness (QED) is 0.248. The summed E-state index contributed by atoms with van der Waals surface area (Å²) < 4.78 is 6.30. The van der Waals surface area contributed by atoms with Gasteiger partial charge in [-0.2, -0.15) is 0 Å². The van der Waals surface area contributed by atoms with Crippen LogP contribution in [-0.2, 0) is 10.3 Å². The summed E-state index contributed by atoms with van der Waals surface area (Å²) in [6.07, 6.45) is 1.74. The summed E-state index contributed by atoms with van der Waals surface area (Å²) in [7, 11) is 0. The second kappa shape index (κ2) is 10.7. The third-order valence-electron chi connectivity index (χ3n) is 7.42. The van der Waals surface area contributed by atoms with Crippen LogP contribution in [-0.4, -0.2) is 42.1 Å². The first-order chi connectivity index (χ1) is 18.5. The van der Waals surface area contributed by atoms with Crippen molar-refractivity contribution >= 4 is 17.3 Å². The van der Waals surface area contributed by atoms with Gasteiger partial charge in [-0.3, -0.25) is 4.98 Å². The minimum absolute atomic E-state index is 0.256. The van der Waals surface area contributed by atoms with Gasteiger partial charge in [-0.15, -0.1) is 0 Å². The fraction of sp³-hybridized carbons (Fsp3) is 0.281. The second-order valence-corrected chi connectivity index (χ2v) is 9.33. The van der Waals surface area contributed by atoms with Gasteiger partial charge in [0.1, 0.15) is 5.69 Å². The van der Waals surface area contributed by atoms with Gasteiger partial charge in [0.25, 0.3) is 0 Å². The molecule has 194 valence electrons. The first-order valence-corrected chi connectivity index (χ1v) is 13.4. The molecule has 0 atom stereocenters. The van der Waals surface area contributed by atoms with Crippen LogP contribution in [0.5, 0.6) is 0 Å². The Bertz CT molecular complexity index is 1340. The normalized spacial score (nSPS) is 13.6. The summed E-state index contributed by atoms with van der Waals surface area (Å²) in [5.74, 6) is -0.467. The predicted molar refractivity (Wildman–Crippen MR) is 153 cm³/mol. The van der Waals surface area contributed by atoms with Crippen LogP contribution in [0, 0.1) is 0 Å². The number of rotatable bonds is 9. The summed E-state index contributed by atoms with van der Waals surface area (Å²) in [5, 5.41) is 0. The predicted octanol–water partition coefficient (Wildman–Crippen LogP) is 6.30. The fourth-order valence-corrected chi connectivity index (χ4v) is 5.32. The first kappa shape index (κ1) is 25.5. The number of ether oxygens (including phenoxy) is 1. The summed E-state index contributed by atoms with van der Waals surface area (Å²) >= 11 is 0. The van der Waals surface area contributed by atoms with E-state index in [1.54, 1.807) is 6.20 Å². The molecule has 1 aliphatic rings. The van der Waals surface area contributed by atoms with Crippen LogP contribution in [0.1, 0.15) is 55.0 Å². The van der Waals surface area contributed by atoms with Crippen molar-refractivity contribution < 1.29 is 9.53 Å². The summed E-state index contributed by atoms with van der Waals surface area (Å²) in [4.78, 5) is 27.6. The molecule has 0 fully saturated rings. The topological polar surface area (TPSA) is 58.6 Å². The molecule has 0 aliphatic carbocycles. The molecule has 0 bridgehead atoms. The molecule has 0 spiro atoms. The zero-order chi connectivity index (χ0) is 26.7. The molecule has 38 heavy (non-hydrogen) atoms. The van der Waals surface area contributed by atoms with E-state index >= 15 is 0 Å². The van der Waals surface area contributed by atoms with Crippen LogP contribution >= 0.6 is 0 Å². The molecule has 0 saturated carbocycles. The number of anilines is 2. The monoisotopic (exact) mass is 506 g/mol. The van der Waals surface area contributed by atoms with E-state index in [0.717, 1.165) is 54.2 Å². The number of aromatic nitrogens is 2. The number of esters is 1. The molecule has 6 heteroatoms. The fourth-order valence-electron chi connectivity index (χ4n) is 5.32. The van der Waals surface area contributed by atoms with Crippen LogP contribution in [0.4, 0.5) is 11.4 Å². The zero-order valence-electron chi connectivity index (χ0n) is 22.5. The van der Waals surface area contributed by atoms with Crippen molar-refractivity contribution in [2.75, 3.05) is 36.0 Å². The number of hydrogen-bond acceptors (Lipinski definition) is 6. The molecule has 3 aromatic carbocycles. The van der Waals surface area contributed by atoms with Crippen LogP contribution in [0.25, 0.3) is 11.3 Å². The Morgan fingerprint density at radius 2 is 1.21 bits per heavy atom. The van der Waals surface area contributed by atoms with E-state index in [-0.39, 0.29) is 5.69 Å². The Labute approximate surface area is 224 Å². The molecule has 0 amide bonds. The Morgan fingerprint density at radius 1 is 0.711 bits per heavy atom. The van der Waals surface area contributed by atoms with Crippen molar-refractivity contribution in [1.29, 1.82) is 0 Å². The number of hydrogen-bond donors (Lipinski definition) is 0. The molecule has 0 unspecified atom stereocenters. The van der Waals surface area contributed by atoms with Gasteiger partial charge in [0.05, 0.1) is 11.9 Å². The van der Waals surface area contributed by atoms with E-state index in [1.807, 2.05) is 54.6 Å². The van der Waals surface area contributed by atoms with Gasteiger partial charge < -0.3 is 14.5 Å². The van der Waals surface area contributed by atoms with Crippen molar-refractivity contribution in [3.8, 4) is 11.3 Å². The molecule has 2 heterocycles. The van der Waals surface area contributed by atoms with Crippen LogP contribution < -0.4 is 9.80 Å². The van der Waals surface area contributed by atoms with Crippen LogP contribution in [0.3, 0.4) is 0 Å². The number of cyclic esters (lactones) is 1. The lowest BCUT2D eigenvalue weighted by Gasteiger charge is -2.30. The number of nitrogens with zero attached hydrogens (tertiary/aromatic N) is 4. The van der Waals surface area contributed by atoms with Gasteiger partial charge in [-0.25, -0.2) is 9.78 Å². The first-order valence-electron chi connectivity index (χ1n) is 13.4. The third kappa shape index (κ3) is 4.30. The molecule has 5 rings (SSSR count). The highest BCUT2D eigenvalue weighted by atomic mass is 16.6. The maximum absolute atomic E-state index is 13.4. The molecule has 6 nitrogen and oxygen atoms in total. The highest BCUT2D eigenvalue weighted by Crippen LogP contribution is 2.46. The lowest BCUT2D eigenvalue weighted by Crippen LogP contribution is -2.31. The second-order valence-electron chi connectivity index (χ2n) is 9.33. The van der Waals surface area contributed by atoms with Crippen molar-refractivity contribution in [3.05, 3.63) is 108 Å². The standard InChI is InChI=1S/C32H34N4O2/c1-5-35(6-2)26-18-14-24(15-19-26)32(25-16-20-27(21-17-25)36(7-3)8-4)30-29(31(37)38-32)34-28(22-33-30)23-12-10-9-11-13-23/h9-22H,5-8H2,1-4H3. The Morgan fingerprint density at radius 3 is 1.68 bits per heavy atom. The number of carbonyl (C=O) groups excluding carboxylic acids is 1. The maximum Gasteiger partial charge on any atom is 0.360 e. The van der Waals surface area contributed by atoms with Gasteiger partial charge in [-0.05, 0) is 52.0 Å². The minimum atomic E-state index is -1.18. The van der Waals surface area contributed by atoms with Gasteiger partial charge >= 0.3 is 5.97 Å². The summed E-state index contributed by atoms with van der Waals surface area (Å²) in [6, 6.07) is 26.3. The summed E-state index contributed by atoms with van der Waals surface area (Å²) in [6.45, 7) is 12.2. The van der Waals surface area contributed by atoms with E-state index in [1.165, 1.54) is 0 Å². The smallest absolute Gasteiger partial charge is 0.360 e. The number of carbonyl (C=O) groups is 1. The largest absolute Gasteiger partial charge is 0.438 e. The van der Waals surface area contributed by atoms with Crippen molar-refractivity contribution in [3.63, 3.8) is 0 Å². The summed E-state index contributed by atoms with van der Waals surface area (Å²) in [5.41, 5.74) is 5.09.